The van der Waals surface area contributed by atoms with Crippen LogP contribution < -0.4 is 10.4 Å². The Balaban J connectivity index is 2.41. The zero-order valence-corrected chi connectivity index (χ0v) is 14.3. The number of carbonyl (C=O) groups is 1. The van der Waals surface area contributed by atoms with Crippen LogP contribution in [0.25, 0.3) is 10.7 Å². The molecule has 0 spiro atoms. The van der Waals surface area contributed by atoms with Gasteiger partial charge >= 0.3 is 5.97 Å². The maximum atomic E-state index is 11.9. The molecule has 0 aromatic heterocycles. The van der Waals surface area contributed by atoms with E-state index in [4.69, 9.17) is 27.9 Å². The maximum Gasteiger partial charge on any atom is 0.337 e. The first kappa shape index (κ1) is 15.9. The monoisotopic (exact) mass is 347 g/mol. The Morgan fingerprint density at radius 2 is 1.87 bits per heavy atom. The fourth-order valence-electron chi connectivity index (χ4n) is 2.80. The van der Waals surface area contributed by atoms with Gasteiger partial charge in [0.15, 0.2) is 0 Å². The number of ether oxygens (including phenoxy) is 1. The first-order valence-electron chi connectivity index (χ1n) is 7.10. The summed E-state index contributed by atoms with van der Waals surface area (Å²) in [6.07, 6.45) is 0. The summed E-state index contributed by atoms with van der Waals surface area (Å²) in [6, 6.07) is 13.0. The molecule has 23 heavy (non-hydrogen) atoms. The lowest BCUT2D eigenvalue weighted by atomic mass is 10.0. The van der Waals surface area contributed by atoms with Crippen molar-refractivity contribution in [3.05, 3.63) is 69.1 Å². The summed E-state index contributed by atoms with van der Waals surface area (Å²) in [7, 11) is 3.32. The third kappa shape index (κ3) is 2.82. The number of nitrogens with zero attached hydrogens (tertiary/aromatic N) is 1. The molecule has 2 aromatic carbocycles. The molecule has 5 heteroatoms. The molecule has 1 aliphatic heterocycles. The highest BCUT2D eigenvalue weighted by Gasteiger charge is 2.19. The van der Waals surface area contributed by atoms with E-state index in [9.17, 15) is 4.79 Å². The molecule has 3 nitrogen and oxygen atoms in total. The number of benzene rings is 2. The van der Waals surface area contributed by atoms with E-state index in [1.807, 2.05) is 42.3 Å². The van der Waals surface area contributed by atoms with Crippen molar-refractivity contribution in [1.29, 1.82) is 0 Å². The first-order valence-corrected chi connectivity index (χ1v) is 7.86. The van der Waals surface area contributed by atoms with Crippen LogP contribution in [0, 0.1) is 0 Å². The lowest BCUT2D eigenvalue weighted by Gasteiger charge is -2.27. The highest BCUT2D eigenvalue weighted by molar-refractivity contribution is 6.45. The molecule has 0 amide bonds. The van der Waals surface area contributed by atoms with E-state index in [0.29, 0.717) is 17.1 Å². The molecule has 0 atom stereocenters. The van der Waals surface area contributed by atoms with Crippen molar-refractivity contribution in [2.75, 3.05) is 20.7 Å². The molecular formula is C18H15Cl2NO2. The van der Waals surface area contributed by atoms with Gasteiger partial charge in [-0.15, -0.1) is 0 Å². The van der Waals surface area contributed by atoms with E-state index in [0.717, 1.165) is 26.7 Å². The van der Waals surface area contributed by atoms with Crippen LogP contribution in [-0.4, -0.2) is 31.6 Å². The van der Waals surface area contributed by atoms with E-state index in [1.165, 1.54) is 7.11 Å². The number of halogens is 2. The highest BCUT2D eigenvalue weighted by Crippen LogP contribution is 2.25. The average Bonchev–Trinajstić information content (AvgIpc) is 2.55. The number of methoxy groups -OCH3 is 1. The lowest BCUT2D eigenvalue weighted by molar-refractivity contribution is 0.0600. The Labute approximate surface area is 144 Å². The van der Waals surface area contributed by atoms with Crippen molar-refractivity contribution < 1.29 is 9.53 Å². The highest BCUT2D eigenvalue weighted by atomic mass is 35.5. The van der Waals surface area contributed by atoms with Gasteiger partial charge in [0, 0.05) is 33.1 Å². The van der Waals surface area contributed by atoms with Crippen LogP contribution in [-0.2, 0) is 4.74 Å². The van der Waals surface area contributed by atoms with Crippen molar-refractivity contribution >= 4 is 39.9 Å². The zero-order valence-electron chi connectivity index (χ0n) is 12.8. The maximum absolute atomic E-state index is 11.9. The van der Waals surface area contributed by atoms with Gasteiger partial charge in [0.05, 0.1) is 24.9 Å². The Morgan fingerprint density at radius 1 is 1.13 bits per heavy atom. The summed E-state index contributed by atoms with van der Waals surface area (Å²) in [5, 5.41) is 3.17. The van der Waals surface area contributed by atoms with E-state index in [-0.39, 0.29) is 5.97 Å². The number of hydrogen-bond acceptors (Lipinski definition) is 3. The lowest BCUT2D eigenvalue weighted by Crippen LogP contribution is -2.41. The average molecular weight is 348 g/mol. The molecule has 118 valence electrons. The predicted octanol–water partition coefficient (Wildman–Crippen LogP) is 2.58. The molecule has 0 radical (unpaired) electrons. The minimum atomic E-state index is -0.379. The summed E-state index contributed by atoms with van der Waals surface area (Å²) < 4.78 is 4.82. The van der Waals surface area contributed by atoms with Gasteiger partial charge in [-0.2, -0.15) is 0 Å². The van der Waals surface area contributed by atoms with Gasteiger partial charge in [0.25, 0.3) is 0 Å². The van der Waals surface area contributed by atoms with Crippen LogP contribution in [0.1, 0.15) is 15.9 Å². The van der Waals surface area contributed by atoms with Gasteiger partial charge in [-0.3, -0.25) is 0 Å². The van der Waals surface area contributed by atoms with Gasteiger partial charge < -0.3 is 9.64 Å². The van der Waals surface area contributed by atoms with Crippen LogP contribution in [0.15, 0.2) is 42.5 Å². The van der Waals surface area contributed by atoms with Crippen LogP contribution in [0.3, 0.4) is 0 Å². The van der Waals surface area contributed by atoms with E-state index in [2.05, 4.69) is 0 Å². The molecule has 0 fully saturated rings. The topological polar surface area (TPSA) is 29.5 Å². The van der Waals surface area contributed by atoms with E-state index in [1.54, 1.807) is 12.1 Å². The number of fused-ring (bicyclic) bond motifs is 1. The van der Waals surface area contributed by atoms with E-state index < -0.39 is 0 Å². The molecule has 0 saturated heterocycles. The second-order valence-corrected chi connectivity index (χ2v) is 6.20. The summed E-state index contributed by atoms with van der Waals surface area (Å²) >= 11 is 12.8. The van der Waals surface area contributed by atoms with Gasteiger partial charge in [-0.1, -0.05) is 47.5 Å². The standard InChI is InChI=1S/C18H15Cl2NO2/c1-21-10-16(20)12-8-7-11(18(22)23-2)9-14(12)17(21)13-5-3-4-6-15(13)19/h3-9H,10H2,1-2H3. The van der Waals surface area contributed by atoms with Crippen molar-refractivity contribution in [3.8, 4) is 0 Å². The van der Waals surface area contributed by atoms with Crippen LogP contribution >= 0.6 is 23.2 Å². The number of carbonyl (C=O) groups excluding carboxylic acids is 1. The van der Waals surface area contributed by atoms with Crippen LogP contribution in [0.5, 0.6) is 0 Å². The molecule has 0 unspecified atom stereocenters. The number of rotatable bonds is 2. The normalized spacial score (nSPS) is 13.8. The molecule has 2 aromatic rings. The first-order chi connectivity index (χ1) is 11.0. The van der Waals surface area contributed by atoms with Crippen molar-refractivity contribution in [2.45, 2.75) is 0 Å². The molecule has 0 N–H and O–H groups in total. The fraction of sp³-hybridized carbons (Fsp3) is 0.167. The predicted molar refractivity (Wildman–Crippen MR) is 92.9 cm³/mol. The third-order valence-electron chi connectivity index (χ3n) is 3.87. The Kier molecular flexibility index (Phi) is 4.33. The SMILES string of the molecule is COC(=O)c1ccc2c(c1)=C(c1ccccc1Cl)N(C)CC=2Cl. The van der Waals surface area contributed by atoms with Gasteiger partial charge in [0.1, 0.15) is 0 Å². The molecule has 1 aliphatic rings. The quantitative estimate of drug-likeness (QED) is 0.782. The second-order valence-electron chi connectivity index (χ2n) is 5.34. The Bertz CT molecular complexity index is 905. The smallest absolute Gasteiger partial charge is 0.337 e. The van der Waals surface area contributed by atoms with Gasteiger partial charge in [-0.25, -0.2) is 4.79 Å². The number of esters is 1. The zero-order chi connectivity index (χ0) is 16.6. The van der Waals surface area contributed by atoms with E-state index >= 15 is 0 Å². The summed E-state index contributed by atoms with van der Waals surface area (Å²) in [5.41, 5.74) is 2.33. The summed E-state index contributed by atoms with van der Waals surface area (Å²) in [5.74, 6) is -0.379. The van der Waals surface area contributed by atoms with Crippen molar-refractivity contribution in [1.82, 2.24) is 4.90 Å². The Hall–Kier alpha value is -1.97. The summed E-state index contributed by atoms with van der Waals surface area (Å²) in [6.45, 7) is 0.590. The molecule has 3 rings (SSSR count). The molecule has 0 aliphatic carbocycles. The molecule has 0 saturated carbocycles. The van der Waals surface area contributed by atoms with Gasteiger partial charge in [0.2, 0.25) is 0 Å². The molecule has 1 heterocycles. The molecule has 0 bridgehead atoms. The second kappa shape index (κ2) is 6.26. The molecular weight excluding hydrogens is 333 g/mol. The van der Waals surface area contributed by atoms with Crippen molar-refractivity contribution in [2.24, 2.45) is 0 Å². The number of hydrogen-bond donors (Lipinski definition) is 0. The third-order valence-corrected chi connectivity index (χ3v) is 4.53. The minimum absolute atomic E-state index is 0.379. The van der Waals surface area contributed by atoms with Crippen LogP contribution in [0.4, 0.5) is 0 Å². The Morgan fingerprint density at radius 3 is 2.57 bits per heavy atom. The van der Waals surface area contributed by atoms with Gasteiger partial charge in [-0.05, 0) is 18.2 Å². The van der Waals surface area contributed by atoms with Crippen molar-refractivity contribution in [3.63, 3.8) is 0 Å². The largest absolute Gasteiger partial charge is 0.465 e. The fourth-order valence-corrected chi connectivity index (χ4v) is 3.37. The van der Waals surface area contributed by atoms with Crippen LogP contribution in [0.2, 0.25) is 5.02 Å². The summed E-state index contributed by atoms with van der Waals surface area (Å²) in [4.78, 5) is 13.9. The minimum Gasteiger partial charge on any atom is -0.465 e.